The number of rotatable bonds is 1. The largest absolute Gasteiger partial charge is 0.480 e. The Morgan fingerprint density at radius 1 is 1.27 bits per heavy atom. The molecule has 3 aromatic rings. The van der Waals surface area contributed by atoms with Crippen molar-refractivity contribution in [3.8, 4) is 5.75 Å². The summed E-state index contributed by atoms with van der Waals surface area (Å²) in [5, 5.41) is 9.73. The minimum Gasteiger partial charge on any atom is -0.480 e. The molecule has 5 heteroatoms. The molecule has 0 radical (unpaired) electrons. The van der Waals surface area contributed by atoms with E-state index in [-0.39, 0.29) is 5.60 Å². The summed E-state index contributed by atoms with van der Waals surface area (Å²) in [6.45, 7) is 1.93. The summed E-state index contributed by atoms with van der Waals surface area (Å²) >= 11 is 0. The molecular formula is C21H20N2O3. The van der Waals surface area contributed by atoms with Crippen LogP contribution in [0.15, 0.2) is 30.3 Å². The first-order chi connectivity index (χ1) is 12.5. The van der Waals surface area contributed by atoms with Gasteiger partial charge in [-0.25, -0.2) is 9.78 Å². The van der Waals surface area contributed by atoms with Crippen molar-refractivity contribution in [1.29, 1.82) is 0 Å². The van der Waals surface area contributed by atoms with Crippen molar-refractivity contribution < 1.29 is 14.6 Å². The third-order valence-corrected chi connectivity index (χ3v) is 6.07. The number of fused-ring (bicyclic) bond motifs is 5. The van der Waals surface area contributed by atoms with Gasteiger partial charge in [-0.3, -0.25) is 0 Å². The first-order valence-electron chi connectivity index (χ1n) is 9.00. The van der Waals surface area contributed by atoms with Crippen LogP contribution in [-0.2, 0) is 25.5 Å². The van der Waals surface area contributed by atoms with Crippen molar-refractivity contribution in [3.63, 3.8) is 0 Å². The molecule has 2 aromatic carbocycles. The topological polar surface area (TPSA) is 64.3 Å². The Kier molecular flexibility index (Phi) is 3.03. The first kappa shape index (κ1) is 15.4. The standard InChI is InChI=1S/C21H20N2O3/c1-12-22-18-17(23(12)2)11-15(20(24)25)14-8-10-21(26-19(14)18)9-7-13-5-3-4-6-16(13)21/h3-6,11H,7-10H2,1-2H3,(H,24,25). The highest BCUT2D eigenvalue weighted by molar-refractivity contribution is 5.98. The Labute approximate surface area is 151 Å². The molecule has 1 aromatic heterocycles. The van der Waals surface area contributed by atoms with Crippen molar-refractivity contribution in [2.45, 2.75) is 38.2 Å². The molecule has 0 amide bonds. The van der Waals surface area contributed by atoms with Gasteiger partial charge in [0.05, 0.1) is 11.1 Å². The minimum atomic E-state index is -0.909. The monoisotopic (exact) mass is 348 g/mol. The quantitative estimate of drug-likeness (QED) is 0.727. The molecule has 2 heterocycles. The van der Waals surface area contributed by atoms with Gasteiger partial charge in [-0.1, -0.05) is 24.3 Å². The number of aromatic carboxylic acids is 1. The van der Waals surface area contributed by atoms with Crippen LogP contribution in [-0.4, -0.2) is 20.6 Å². The number of imidazole rings is 1. The Morgan fingerprint density at radius 2 is 2.04 bits per heavy atom. The van der Waals surface area contributed by atoms with Crippen molar-refractivity contribution >= 4 is 17.0 Å². The third kappa shape index (κ3) is 1.91. The number of benzene rings is 2. The average molecular weight is 348 g/mol. The van der Waals surface area contributed by atoms with Gasteiger partial charge in [-0.2, -0.15) is 0 Å². The number of carboxylic acids is 1. The first-order valence-corrected chi connectivity index (χ1v) is 9.00. The number of carbonyl (C=O) groups is 1. The summed E-state index contributed by atoms with van der Waals surface area (Å²) in [5.74, 6) is 0.597. The lowest BCUT2D eigenvalue weighted by molar-refractivity contribution is 0.0451. The van der Waals surface area contributed by atoms with Crippen LogP contribution in [0.2, 0.25) is 0 Å². The van der Waals surface area contributed by atoms with E-state index in [0.717, 1.165) is 41.7 Å². The minimum absolute atomic E-state index is 0.330. The second kappa shape index (κ2) is 5.10. The van der Waals surface area contributed by atoms with Crippen molar-refractivity contribution in [3.05, 3.63) is 58.4 Å². The van der Waals surface area contributed by atoms with Gasteiger partial charge in [0, 0.05) is 12.6 Å². The molecule has 1 unspecified atom stereocenters. The van der Waals surface area contributed by atoms with Gasteiger partial charge >= 0.3 is 5.97 Å². The van der Waals surface area contributed by atoms with Gasteiger partial charge in [-0.05, 0) is 49.8 Å². The molecule has 1 atom stereocenters. The van der Waals surface area contributed by atoms with E-state index in [1.165, 1.54) is 11.1 Å². The van der Waals surface area contributed by atoms with Crippen LogP contribution in [0, 0.1) is 6.92 Å². The van der Waals surface area contributed by atoms with Gasteiger partial charge in [0.25, 0.3) is 0 Å². The number of hydrogen-bond donors (Lipinski definition) is 1. The predicted octanol–water partition coefficient (Wildman–Crippen LogP) is 3.75. The lowest BCUT2D eigenvalue weighted by atomic mass is 9.84. The molecule has 5 nitrogen and oxygen atoms in total. The fraction of sp³-hybridized carbons (Fsp3) is 0.333. The van der Waals surface area contributed by atoms with Gasteiger partial charge in [0.15, 0.2) is 5.75 Å². The molecular weight excluding hydrogens is 328 g/mol. The number of aryl methyl sites for hydroxylation is 3. The van der Waals surface area contributed by atoms with Gasteiger partial charge < -0.3 is 14.4 Å². The van der Waals surface area contributed by atoms with E-state index in [2.05, 4.69) is 29.2 Å². The maximum Gasteiger partial charge on any atom is 0.336 e. The van der Waals surface area contributed by atoms with Crippen LogP contribution in [0.25, 0.3) is 11.0 Å². The lowest BCUT2D eigenvalue weighted by Crippen LogP contribution is -2.35. The summed E-state index contributed by atoms with van der Waals surface area (Å²) in [4.78, 5) is 16.5. The van der Waals surface area contributed by atoms with Gasteiger partial charge in [0.2, 0.25) is 0 Å². The Morgan fingerprint density at radius 3 is 2.85 bits per heavy atom. The number of nitrogens with zero attached hydrogens (tertiary/aromatic N) is 2. The molecule has 1 aliphatic heterocycles. The van der Waals surface area contributed by atoms with Gasteiger partial charge in [-0.15, -0.1) is 0 Å². The smallest absolute Gasteiger partial charge is 0.336 e. The van der Waals surface area contributed by atoms with Crippen molar-refractivity contribution in [2.75, 3.05) is 0 Å². The van der Waals surface area contributed by atoms with Crippen LogP contribution in [0.4, 0.5) is 0 Å². The molecule has 1 aliphatic carbocycles. The normalized spacial score (nSPS) is 20.8. The molecule has 1 N–H and O–H groups in total. The van der Waals surface area contributed by atoms with E-state index in [9.17, 15) is 9.90 Å². The van der Waals surface area contributed by atoms with E-state index in [1.807, 2.05) is 18.5 Å². The molecule has 5 rings (SSSR count). The van der Waals surface area contributed by atoms with Crippen LogP contribution >= 0.6 is 0 Å². The SMILES string of the molecule is Cc1nc2c3c(c(C(=O)O)cc2n1C)CCC1(CCc2ccccc21)O3. The lowest BCUT2D eigenvalue weighted by Gasteiger charge is -2.37. The maximum atomic E-state index is 11.9. The second-order valence-electron chi connectivity index (χ2n) is 7.38. The highest BCUT2D eigenvalue weighted by Gasteiger charge is 2.44. The average Bonchev–Trinajstić information content (AvgIpc) is 3.13. The van der Waals surface area contributed by atoms with Crippen LogP contribution in [0.1, 0.15) is 45.7 Å². The highest BCUT2D eigenvalue weighted by Crippen LogP contribution is 2.50. The highest BCUT2D eigenvalue weighted by atomic mass is 16.5. The van der Waals surface area contributed by atoms with E-state index < -0.39 is 5.97 Å². The summed E-state index contributed by atoms with van der Waals surface area (Å²) in [7, 11) is 1.91. The Bertz CT molecular complexity index is 1080. The molecule has 0 bridgehead atoms. The maximum absolute atomic E-state index is 11.9. The number of hydrogen-bond acceptors (Lipinski definition) is 3. The second-order valence-corrected chi connectivity index (χ2v) is 7.38. The predicted molar refractivity (Wildman–Crippen MR) is 97.8 cm³/mol. The summed E-state index contributed by atoms with van der Waals surface area (Å²) in [5.41, 5.74) is 4.90. The zero-order valence-corrected chi connectivity index (χ0v) is 14.9. The summed E-state index contributed by atoms with van der Waals surface area (Å²) < 4.78 is 8.57. The van der Waals surface area contributed by atoms with Crippen LogP contribution in [0.3, 0.4) is 0 Å². The van der Waals surface area contributed by atoms with E-state index in [4.69, 9.17) is 4.74 Å². The van der Waals surface area contributed by atoms with Crippen LogP contribution in [0.5, 0.6) is 5.75 Å². The number of carboxylic acid groups (broad SMARTS) is 1. The molecule has 0 saturated heterocycles. The zero-order chi connectivity index (χ0) is 18.1. The Balaban J connectivity index is 1.76. The van der Waals surface area contributed by atoms with E-state index in [0.29, 0.717) is 17.7 Å². The van der Waals surface area contributed by atoms with E-state index >= 15 is 0 Å². The molecule has 1 spiro atoms. The van der Waals surface area contributed by atoms with Gasteiger partial charge in [0.1, 0.15) is 16.9 Å². The fourth-order valence-electron chi connectivity index (χ4n) is 4.59. The van der Waals surface area contributed by atoms with Crippen LogP contribution < -0.4 is 4.74 Å². The van der Waals surface area contributed by atoms with Crippen molar-refractivity contribution in [2.24, 2.45) is 7.05 Å². The zero-order valence-electron chi connectivity index (χ0n) is 14.9. The van der Waals surface area contributed by atoms with E-state index in [1.54, 1.807) is 6.07 Å². The number of aromatic nitrogens is 2. The van der Waals surface area contributed by atoms with Crippen molar-refractivity contribution in [1.82, 2.24) is 9.55 Å². The number of ether oxygens (including phenoxy) is 1. The summed E-state index contributed by atoms with van der Waals surface area (Å²) in [6.07, 6.45) is 3.41. The summed E-state index contributed by atoms with van der Waals surface area (Å²) in [6, 6.07) is 10.2. The molecule has 0 saturated carbocycles. The molecule has 2 aliphatic rings. The molecule has 26 heavy (non-hydrogen) atoms. The Hall–Kier alpha value is -2.82. The molecule has 0 fully saturated rings. The fourth-order valence-corrected chi connectivity index (χ4v) is 4.59. The molecule has 132 valence electrons. The third-order valence-electron chi connectivity index (χ3n) is 6.07.